The Labute approximate surface area is 94.1 Å². The molecule has 1 rings (SSSR count). The molecule has 4 N–H and O–H groups in total. The first-order valence-electron chi connectivity index (χ1n) is 4.83. The summed E-state index contributed by atoms with van der Waals surface area (Å²) in [7, 11) is 1.81. The SMILES string of the molecule is C=C(C)N=c1c(CC(N)=O)cc(N)cn1C. The van der Waals surface area contributed by atoms with Crippen LogP contribution in [0.2, 0.25) is 0 Å². The monoisotopic (exact) mass is 220 g/mol. The van der Waals surface area contributed by atoms with Crippen molar-refractivity contribution < 1.29 is 4.79 Å². The third-order valence-electron chi connectivity index (χ3n) is 1.97. The Hall–Kier alpha value is -2.04. The minimum absolute atomic E-state index is 0.116. The van der Waals surface area contributed by atoms with Gasteiger partial charge in [-0.2, -0.15) is 0 Å². The zero-order chi connectivity index (χ0) is 12.3. The van der Waals surface area contributed by atoms with Gasteiger partial charge < -0.3 is 16.0 Å². The van der Waals surface area contributed by atoms with E-state index in [1.807, 2.05) is 7.05 Å². The lowest BCUT2D eigenvalue weighted by molar-refractivity contribution is -0.117. The quantitative estimate of drug-likeness (QED) is 0.755. The maximum atomic E-state index is 10.9. The van der Waals surface area contributed by atoms with Gasteiger partial charge in [-0.3, -0.25) is 4.79 Å². The van der Waals surface area contributed by atoms with E-state index in [-0.39, 0.29) is 6.42 Å². The molecule has 0 atom stereocenters. The second-order valence-corrected chi connectivity index (χ2v) is 3.72. The number of anilines is 1. The molecule has 0 aliphatic heterocycles. The number of aryl methyl sites for hydroxylation is 1. The topological polar surface area (TPSA) is 86.4 Å². The summed E-state index contributed by atoms with van der Waals surface area (Å²) < 4.78 is 1.75. The van der Waals surface area contributed by atoms with E-state index in [1.165, 1.54) is 0 Å². The number of nitrogen functional groups attached to an aromatic ring is 1. The standard InChI is InChI=1S/C11H16N4O/c1-7(2)14-11-8(5-10(13)16)4-9(12)6-15(11)3/h4,6H,1,5,12H2,2-3H3,(H2,13,16). The first-order valence-corrected chi connectivity index (χ1v) is 4.83. The fraction of sp³-hybridized carbons (Fsp3) is 0.273. The summed E-state index contributed by atoms with van der Waals surface area (Å²) in [6.45, 7) is 5.49. The highest BCUT2D eigenvalue weighted by atomic mass is 16.1. The van der Waals surface area contributed by atoms with Crippen LogP contribution in [0.5, 0.6) is 0 Å². The molecule has 0 unspecified atom stereocenters. The van der Waals surface area contributed by atoms with Crippen molar-refractivity contribution in [3.63, 3.8) is 0 Å². The fourth-order valence-corrected chi connectivity index (χ4v) is 1.46. The molecule has 0 aromatic carbocycles. The van der Waals surface area contributed by atoms with Crippen LogP contribution in [0.15, 0.2) is 29.5 Å². The van der Waals surface area contributed by atoms with E-state index in [2.05, 4.69) is 11.6 Å². The second kappa shape index (κ2) is 4.65. The molecule has 0 aliphatic rings. The van der Waals surface area contributed by atoms with E-state index >= 15 is 0 Å². The van der Waals surface area contributed by atoms with Crippen molar-refractivity contribution in [1.82, 2.24) is 4.57 Å². The van der Waals surface area contributed by atoms with Crippen molar-refractivity contribution in [3.8, 4) is 0 Å². The molecule has 86 valence electrons. The Bertz CT molecular complexity index is 499. The number of carbonyl (C=O) groups is 1. The van der Waals surface area contributed by atoms with E-state index in [9.17, 15) is 4.79 Å². The molecule has 0 aliphatic carbocycles. The average Bonchev–Trinajstić information content (AvgIpc) is 2.09. The number of pyridine rings is 1. The van der Waals surface area contributed by atoms with E-state index < -0.39 is 5.91 Å². The highest BCUT2D eigenvalue weighted by Crippen LogP contribution is 2.03. The second-order valence-electron chi connectivity index (χ2n) is 3.72. The van der Waals surface area contributed by atoms with Crippen LogP contribution in [0, 0.1) is 0 Å². The Kier molecular flexibility index (Phi) is 3.50. The molecular weight excluding hydrogens is 204 g/mol. The van der Waals surface area contributed by atoms with Crippen LogP contribution in [0.4, 0.5) is 5.69 Å². The third-order valence-corrected chi connectivity index (χ3v) is 1.97. The first kappa shape index (κ1) is 12.0. The smallest absolute Gasteiger partial charge is 0.221 e. The number of allylic oxidation sites excluding steroid dienone is 1. The summed E-state index contributed by atoms with van der Waals surface area (Å²) in [4.78, 5) is 15.2. The van der Waals surface area contributed by atoms with Gasteiger partial charge in [0.2, 0.25) is 5.91 Å². The molecule has 1 heterocycles. The van der Waals surface area contributed by atoms with Crippen molar-refractivity contribution in [3.05, 3.63) is 35.6 Å². The minimum Gasteiger partial charge on any atom is -0.398 e. The van der Waals surface area contributed by atoms with Crippen molar-refractivity contribution in [1.29, 1.82) is 0 Å². The van der Waals surface area contributed by atoms with Gasteiger partial charge in [-0.1, -0.05) is 6.58 Å². The van der Waals surface area contributed by atoms with Crippen LogP contribution < -0.4 is 17.0 Å². The van der Waals surface area contributed by atoms with Gasteiger partial charge in [-0.05, 0) is 13.0 Å². The maximum absolute atomic E-state index is 10.9. The lowest BCUT2D eigenvalue weighted by atomic mass is 10.2. The van der Waals surface area contributed by atoms with Crippen LogP contribution in [0.25, 0.3) is 0 Å². The molecular formula is C11H16N4O. The summed E-state index contributed by atoms with van der Waals surface area (Å²) >= 11 is 0. The van der Waals surface area contributed by atoms with Crippen molar-refractivity contribution in [2.24, 2.45) is 17.8 Å². The Morgan fingerprint density at radius 3 is 2.75 bits per heavy atom. The summed E-state index contributed by atoms with van der Waals surface area (Å²) in [5.41, 5.74) is 13.5. The van der Waals surface area contributed by atoms with Gasteiger partial charge in [-0.25, -0.2) is 4.99 Å². The molecule has 1 aromatic rings. The molecule has 5 nitrogen and oxygen atoms in total. The number of carbonyl (C=O) groups excluding carboxylic acids is 1. The van der Waals surface area contributed by atoms with Crippen LogP contribution in [0.1, 0.15) is 12.5 Å². The molecule has 1 amide bonds. The van der Waals surface area contributed by atoms with Gasteiger partial charge in [0.05, 0.1) is 6.42 Å². The van der Waals surface area contributed by atoms with Crippen LogP contribution >= 0.6 is 0 Å². The molecule has 0 radical (unpaired) electrons. The third kappa shape index (κ3) is 2.98. The molecule has 0 spiro atoms. The van der Waals surface area contributed by atoms with Crippen LogP contribution in [-0.2, 0) is 18.3 Å². The predicted molar refractivity (Wildman–Crippen MR) is 63.1 cm³/mol. The lowest BCUT2D eigenvalue weighted by Gasteiger charge is -2.07. The normalized spacial score (nSPS) is 11.5. The molecule has 0 bridgehead atoms. The summed E-state index contributed by atoms with van der Waals surface area (Å²) in [5.74, 6) is -0.413. The van der Waals surface area contributed by atoms with Gasteiger partial charge in [0.25, 0.3) is 0 Å². The zero-order valence-electron chi connectivity index (χ0n) is 9.53. The number of amides is 1. The summed E-state index contributed by atoms with van der Waals surface area (Å²) in [6, 6.07) is 1.70. The molecule has 1 aromatic heterocycles. The van der Waals surface area contributed by atoms with E-state index in [0.717, 1.165) is 0 Å². The Morgan fingerprint density at radius 1 is 1.62 bits per heavy atom. The lowest BCUT2D eigenvalue weighted by Crippen LogP contribution is -2.27. The number of hydrogen-bond donors (Lipinski definition) is 2. The largest absolute Gasteiger partial charge is 0.398 e. The van der Waals surface area contributed by atoms with E-state index in [4.69, 9.17) is 11.5 Å². The minimum atomic E-state index is -0.413. The zero-order valence-corrected chi connectivity index (χ0v) is 9.53. The van der Waals surface area contributed by atoms with Crippen molar-refractivity contribution >= 4 is 11.6 Å². The van der Waals surface area contributed by atoms with Gasteiger partial charge >= 0.3 is 0 Å². The molecule has 16 heavy (non-hydrogen) atoms. The van der Waals surface area contributed by atoms with Gasteiger partial charge in [0.1, 0.15) is 5.49 Å². The number of aromatic nitrogens is 1. The number of nitrogens with two attached hydrogens (primary N) is 2. The first-order chi connectivity index (χ1) is 7.40. The average molecular weight is 220 g/mol. The summed E-state index contributed by atoms with van der Waals surface area (Å²) in [6.07, 6.45) is 1.84. The number of rotatable bonds is 3. The number of primary amides is 1. The van der Waals surface area contributed by atoms with Crippen LogP contribution in [-0.4, -0.2) is 10.5 Å². The summed E-state index contributed by atoms with van der Waals surface area (Å²) in [5, 5.41) is 0. The van der Waals surface area contributed by atoms with Gasteiger partial charge in [0.15, 0.2) is 0 Å². The number of nitrogens with zero attached hydrogens (tertiary/aromatic N) is 2. The van der Waals surface area contributed by atoms with E-state index in [0.29, 0.717) is 22.4 Å². The maximum Gasteiger partial charge on any atom is 0.221 e. The van der Waals surface area contributed by atoms with Crippen molar-refractivity contribution in [2.45, 2.75) is 13.3 Å². The molecule has 0 saturated carbocycles. The molecule has 5 heteroatoms. The predicted octanol–water partition coefficient (Wildman–Crippen LogP) is 0.0694. The van der Waals surface area contributed by atoms with E-state index in [1.54, 1.807) is 23.8 Å². The Balaban J connectivity index is 3.44. The Morgan fingerprint density at radius 2 is 2.25 bits per heavy atom. The molecule has 0 saturated heterocycles. The highest BCUT2D eigenvalue weighted by molar-refractivity contribution is 5.76. The highest BCUT2D eigenvalue weighted by Gasteiger charge is 2.05. The molecule has 0 fully saturated rings. The van der Waals surface area contributed by atoms with Gasteiger partial charge in [0, 0.05) is 30.2 Å². The number of hydrogen-bond acceptors (Lipinski definition) is 3. The van der Waals surface area contributed by atoms with Crippen molar-refractivity contribution in [2.75, 3.05) is 5.73 Å². The van der Waals surface area contributed by atoms with Gasteiger partial charge in [-0.15, -0.1) is 0 Å². The van der Waals surface area contributed by atoms with Crippen LogP contribution in [0.3, 0.4) is 0 Å². The fourth-order valence-electron chi connectivity index (χ4n) is 1.46.